The van der Waals surface area contributed by atoms with Gasteiger partial charge in [0.05, 0.1) is 6.61 Å². The lowest BCUT2D eigenvalue weighted by Gasteiger charge is -1.94. The third-order valence-corrected chi connectivity index (χ3v) is 3.11. The largest absolute Gasteiger partial charge is 0.460 e. The summed E-state index contributed by atoms with van der Waals surface area (Å²) in [6, 6.07) is 7.82. The molecule has 0 bridgehead atoms. The van der Waals surface area contributed by atoms with Crippen LogP contribution in [-0.2, 0) is 11.8 Å². The van der Waals surface area contributed by atoms with Gasteiger partial charge in [0.25, 0.3) is 5.82 Å². The van der Waals surface area contributed by atoms with Gasteiger partial charge < -0.3 is 9.15 Å². The number of hydrogen-bond donors (Lipinski definition) is 0. The zero-order valence-electron chi connectivity index (χ0n) is 12.1. The van der Waals surface area contributed by atoms with Crippen molar-refractivity contribution in [3.05, 3.63) is 35.7 Å². The first-order valence-electron chi connectivity index (χ1n) is 6.67. The highest BCUT2D eigenvalue weighted by atomic mass is 16.5. The van der Waals surface area contributed by atoms with Crippen molar-refractivity contribution >= 4 is 16.9 Å². The van der Waals surface area contributed by atoms with E-state index in [4.69, 9.17) is 9.15 Å². The smallest absolute Gasteiger partial charge is 0.378 e. The van der Waals surface area contributed by atoms with E-state index in [-0.39, 0.29) is 12.4 Å². The van der Waals surface area contributed by atoms with Crippen LogP contribution in [0.25, 0.3) is 22.6 Å². The molecule has 1 aromatic carbocycles. The van der Waals surface area contributed by atoms with Gasteiger partial charge in [-0.25, -0.2) is 9.48 Å². The Labute approximate surface area is 121 Å². The molecule has 0 atom stereocenters. The average Bonchev–Trinajstić information content (AvgIpc) is 3.01. The normalized spacial score (nSPS) is 11.0. The van der Waals surface area contributed by atoms with E-state index in [0.29, 0.717) is 11.6 Å². The van der Waals surface area contributed by atoms with Crippen LogP contribution >= 0.6 is 0 Å². The van der Waals surface area contributed by atoms with E-state index in [0.717, 1.165) is 16.5 Å². The minimum Gasteiger partial charge on any atom is -0.460 e. The van der Waals surface area contributed by atoms with E-state index >= 15 is 0 Å². The zero-order chi connectivity index (χ0) is 15.0. The van der Waals surface area contributed by atoms with Crippen molar-refractivity contribution in [1.82, 2.24) is 14.8 Å². The maximum atomic E-state index is 11.7. The third-order valence-electron chi connectivity index (χ3n) is 3.11. The molecule has 0 unspecified atom stereocenters. The van der Waals surface area contributed by atoms with Crippen LogP contribution in [0.2, 0.25) is 0 Å². The van der Waals surface area contributed by atoms with E-state index in [1.54, 1.807) is 14.0 Å². The van der Waals surface area contributed by atoms with Crippen molar-refractivity contribution in [2.75, 3.05) is 6.61 Å². The van der Waals surface area contributed by atoms with Gasteiger partial charge in [-0.15, -0.1) is 5.10 Å². The molecule has 0 radical (unpaired) electrons. The predicted molar refractivity (Wildman–Crippen MR) is 76.9 cm³/mol. The monoisotopic (exact) mass is 285 g/mol. The summed E-state index contributed by atoms with van der Waals surface area (Å²) in [6.07, 6.45) is 0. The maximum Gasteiger partial charge on any atom is 0.378 e. The molecule has 2 aromatic heterocycles. The van der Waals surface area contributed by atoms with Crippen LogP contribution in [0.3, 0.4) is 0 Å². The molecule has 6 nitrogen and oxygen atoms in total. The molecule has 3 aromatic rings. The van der Waals surface area contributed by atoms with Crippen molar-refractivity contribution in [1.29, 1.82) is 0 Å². The first kappa shape index (κ1) is 13.4. The summed E-state index contributed by atoms with van der Waals surface area (Å²) >= 11 is 0. The molecule has 3 rings (SSSR count). The second-order valence-electron chi connectivity index (χ2n) is 4.76. The highest BCUT2D eigenvalue weighted by Crippen LogP contribution is 2.27. The van der Waals surface area contributed by atoms with Crippen LogP contribution in [0.4, 0.5) is 0 Å². The average molecular weight is 285 g/mol. The number of esters is 1. The Kier molecular flexibility index (Phi) is 3.21. The highest BCUT2D eigenvalue weighted by Gasteiger charge is 2.19. The van der Waals surface area contributed by atoms with E-state index < -0.39 is 5.97 Å². The Hall–Kier alpha value is -2.63. The fourth-order valence-corrected chi connectivity index (χ4v) is 2.15. The van der Waals surface area contributed by atoms with E-state index in [1.165, 1.54) is 4.68 Å². The summed E-state index contributed by atoms with van der Waals surface area (Å²) in [5.41, 5.74) is 1.93. The number of aromatic nitrogens is 3. The second kappa shape index (κ2) is 5.05. The number of carbonyl (C=O) groups is 1. The Bertz CT molecular complexity index is 817. The second-order valence-corrected chi connectivity index (χ2v) is 4.76. The molecule has 2 heterocycles. The van der Waals surface area contributed by atoms with Gasteiger partial charge >= 0.3 is 5.97 Å². The van der Waals surface area contributed by atoms with Crippen molar-refractivity contribution in [3.8, 4) is 11.6 Å². The molecule has 108 valence electrons. The van der Waals surface area contributed by atoms with Gasteiger partial charge in [-0.1, -0.05) is 11.6 Å². The quantitative estimate of drug-likeness (QED) is 0.692. The number of benzene rings is 1. The minimum atomic E-state index is -0.536. The SMILES string of the molecule is CCOC(=O)c1nc(-c2cc3cc(C)ccc3o2)n(C)n1. The van der Waals surface area contributed by atoms with Crippen LogP contribution in [0.1, 0.15) is 23.1 Å². The number of fused-ring (bicyclic) bond motifs is 1. The van der Waals surface area contributed by atoms with Gasteiger partial charge in [0.15, 0.2) is 11.6 Å². The standard InChI is InChI=1S/C15H15N3O3/c1-4-20-15(19)13-16-14(18(3)17-13)12-8-10-7-9(2)5-6-11(10)21-12/h5-8H,4H2,1-3H3. The Morgan fingerprint density at radius 2 is 2.19 bits per heavy atom. The highest BCUT2D eigenvalue weighted by molar-refractivity contribution is 5.86. The minimum absolute atomic E-state index is 0.0333. The fraction of sp³-hybridized carbons (Fsp3) is 0.267. The summed E-state index contributed by atoms with van der Waals surface area (Å²) < 4.78 is 12.2. The number of aryl methyl sites for hydroxylation is 2. The fourth-order valence-electron chi connectivity index (χ4n) is 2.15. The third kappa shape index (κ3) is 2.40. The van der Waals surface area contributed by atoms with Crippen LogP contribution in [-0.4, -0.2) is 27.3 Å². The van der Waals surface area contributed by atoms with Crippen molar-refractivity contribution in [2.45, 2.75) is 13.8 Å². The van der Waals surface area contributed by atoms with E-state index in [9.17, 15) is 4.79 Å². The topological polar surface area (TPSA) is 70.2 Å². The lowest BCUT2D eigenvalue weighted by Crippen LogP contribution is -2.07. The molecule has 6 heteroatoms. The van der Waals surface area contributed by atoms with E-state index in [1.807, 2.05) is 31.2 Å². The summed E-state index contributed by atoms with van der Waals surface area (Å²) in [7, 11) is 1.71. The van der Waals surface area contributed by atoms with Crippen LogP contribution < -0.4 is 0 Å². The molecule has 0 spiro atoms. The molecule has 0 aliphatic heterocycles. The first-order chi connectivity index (χ1) is 10.1. The molecule has 21 heavy (non-hydrogen) atoms. The first-order valence-corrected chi connectivity index (χ1v) is 6.67. The van der Waals surface area contributed by atoms with Crippen LogP contribution in [0.15, 0.2) is 28.7 Å². The molecule has 0 aliphatic rings. The van der Waals surface area contributed by atoms with Gasteiger partial charge in [0.2, 0.25) is 0 Å². The molecule has 0 fully saturated rings. The number of ether oxygens (including phenoxy) is 1. The van der Waals surface area contributed by atoms with Gasteiger partial charge in [-0.3, -0.25) is 0 Å². The lowest BCUT2D eigenvalue weighted by molar-refractivity contribution is 0.0512. The zero-order valence-corrected chi connectivity index (χ0v) is 12.1. The van der Waals surface area contributed by atoms with E-state index in [2.05, 4.69) is 10.1 Å². The molecular formula is C15H15N3O3. The van der Waals surface area contributed by atoms with Gasteiger partial charge in [-0.2, -0.15) is 4.98 Å². The molecule has 0 amide bonds. The van der Waals surface area contributed by atoms with Crippen LogP contribution in [0.5, 0.6) is 0 Å². The Morgan fingerprint density at radius 1 is 1.38 bits per heavy atom. The number of hydrogen-bond acceptors (Lipinski definition) is 5. The summed E-state index contributed by atoms with van der Waals surface area (Å²) in [5.74, 6) is 0.561. The number of rotatable bonds is 3. The van der Waals surface area contributed by atoms with Crippen molar-refractivity contribution < 1.29 is 13.9 Å². The maximum absolute atomic E-state index is 11.7. The Morgan fingerprint density at radius 3 is 2.95 bits per heavy atom. The van der Waals surface area contributed by atoms with Crippen molar-refractivity contribution in [2.24, 2.45) is 7.05 Å². The van der Waals surface area contributed by atoms with Crippen molar-refractivity contribution in [3.63, 3.8) is 0 Å². The predicted octanol–water partition coefficient (Wildman–Crippen LogP) is 2.71. The summed E-state index contributed by atoms with van der Waals surface area (Å²) in [6.45, 7) is 4.05. The van der Waals surface area contributed by atoms with Crippen LogP contribution in [0, 0.1) is 6.92 Å². The lowest BCUT2D eigenvalue weighted by atomic mass is 10.2. The number of nitrogens with zero attached hydrogens (tertiary/aromatic N) is 3. The molecule has 0 aliphatic carbocycles. The van der Waals surface area contributed by atoms with Gasteiger partial charge in [-0.05, 0) is 32.0 Å². The number of carbonyl (C=O) groups excluding carboxylic acids is 1. The molecule has 0 N–H and O–H groups in total. The molecule has 0 saturated carbocycles. The Balaban J connectivity index is 2.04. The van der Waals surface area contributed by atoms with Gasteiger partial charge in [0.1, 0.15) is 5.58 Å². The molecule has 0 saturated heterocycles. The summed E-state index contributed by atoms with van der Waals surface area (Å²) in [4.78, 5) is 15.9. The summed E-state index contributed by atoms with van der Waals surface area (Å²) in [5, 5.41) is 5.06. The van der Waals surface area contributed by atoms with Gasteiger partial charge in [0, 0.05) is 12.4 Å². The molecular weight excluding hydrogens is 270 g/mol. The number of furan rings is 1.